The first-order valence-corrected chi connectivity index (χ1v) is 7.32. The third kappa shape index (κ3) is 4.14. The van der Waals surface area contributed by atoms with Gasteiger partial charge < -0.3 is 16.2 Å². The van der Waals surface area contributed by atoms with Crippen molar-refractivity contribution in [1.29, 1.82) is 0 Å². The van der Waals surface area contributed by atoms with Crippen molar-refractivity contribution in [3.05, 3.63) is 34.8 Å². The van der Waals surface area contributed by atoms with Crippen LogP contribution in [0.4, 0.5) is 10.8 Å². The highest BCUT2D eigenvalue weighted by atomic mass is 32.1. The van der Waals surface area contributed by atoms with Crippen LogP contribution in [0.1, 0.15) is 17.5 Å². The zero-order chi connectivity index (χ0) is 15.4. The normalized spacial score (nSPS) is 11.2. The lowest BCUT2D eigenvalue weighted by Crippen LogP contribution is -2.25. The average Bonchev–Trinajstić information content (AvgIpc) is 2.79. The topological polar surface area (TPSA) is 95.6 Å². The Morgan fingerprint density at radius 1 is 1.38 bits per heavy atom. The molecule has 0 bridgehead atoms. The second-order valence-electron chi connectivity index (χ2n) is 4.28. The number of thiocarbonyl (C=S) groups is 1. The van der Waals surface area contributed by atoms with Gasteiger partial charge in [0.25, 0.3) is 0 Å². The van der Waals surface area contributed by atoms with Crippen molar-refractivity contribution < 1.29 is 5.11 Å². The fourth-order valence-electron chi connectivity index (χ4n) is 1.64. The number of hydrogen-bond donors (Lipinski definition) is 4. The van der Waals surface area contributed by atoms with E-state index in [0.29, 0.717) is 0 Å². The number of nitrogens with one attached hydrogen (secondary N) is 2. The van der Waals surface area contributed by atoms with Gasteiger partial charge in [-0.1, -0.05) is 11.3 Å². The Bertz CT molecular complexity index is 678. The maximum Gasteiger partial charge on any atom is 0.188 e. The van der Waals surface area contributed by atoms with Gasteiger partial charge in [-0.15, -0.1) is 0 Å². The first-order chi connectivity index (χ1) is 9.95. The molecule has 0 fully saturated rings. The van der Waals surface area contributed by atoms with E-state index in [1.54, 1.807) is 24.3 Å². The number of thiazole rings is 1. The minimum absolute atomic E-state index is 0.124. The molecule has 0 aliphatic rings. The van der Waals surface area contributed by atoms with E-state index >= 15 is 0 Å². The zero-order valence-electron chi connectivity index (χ0n) is 11.5. The van der Waals surface area contributed by atoms with E-state index in [0.717, 1.165) is 27.1 Å². The van der Waals surface area contributed by atoms with Gasteiger partial charge >= 0.3 is 0 Å². The van der Waals surface area contributed by atoms with Crippen LogP contribution in [-0.4, -0.2) is 20.9 Å². The monoisotopic (exact) mass is 321 g/mol. The van der Waals surface area contributed by atoms with Gasteiger partial charge in [0.2, 0.25) is 0 Å². The predicted molar refractivity (Wildman–Crippen MR) is 90.4 cm³/mol. The molecule has 0 atom stereocenters. The van der Waals surface area contributed by atoms with Crippen molar-refractivity contribution in [3.63, 3.8) is 0 Å². The number of aryl methyl sites for hydroxylation is 1. The van der Waals surface area contributed by atoms with Gasteiger partial charge in [-0.05, 0) is 50.3 Å². The number of rotatable bonds is 4. The van der Waals surface area contributed by atoms with Gasteiger partial charge in [0.15, 0.2) is 10.2 Å². The molecule has 0 radical (unpaired) electrons. The van der Waals surface area contributed by atoms with Gasteiger partial charge in [0.05, 0.1) is 16.3 Å². The lowest BCUT2D eigenvalue weighted by molar-refractivity contribution is 0.475. The molecule has 0 saturated carbocycles. The van der Waals surface area contributed by atoms with Gasteiger partial charge in [-0.2, -0.15) is 5.10 Å². The van der Waals surface area contributed by atoms with Crippen LogP contribution in [-0.2, 0) is 0 Å². The smallest absolute Gasteiger partial charge is 0.188 e. The summed E-state index contributed by atoms with van der Waals surface area (Å²) in [6, 6.07) is 6.78. The highest BCUT2D eigenvalue weighted by Crippen LogP contribution is 2.26. The number of hydrazone groups is 1. The fraction of sp³-hybridized carbons (Fsp3) is 0.154. The average molecular weight is 321 g/mol. The van der Waals surface area contributed by atoms with E-state index in [1.165, 1.54) is 11.3 Å². The van der Waals surface area contributed by atoms with Gasteiger partial charge in [0, 0.05) is 5.69 Å². The number of aromatic nitrogens is 1. The number of hydrogen-bond acceptors (Lipinski definition) is 6. The van der Waals surface area contributed by atoms with Crippen molar-refractivity contribution in [1.82, 2.24) is 10.4 Å². The summed E-state index contributed by atoms with van der Waals surface area (Å²) in [4.78, 5) is 5.39. The number of aromatic hydroxyl groups is 1. The van der Waals surface area contributed by atoms with Crippen LogP contribution >= 0.6 is 23.6 Å². The van der Waals surface area contributed by atoms with Crippen LogP contribution in [0.3, 0.4) is 0 Å². The molecule has 0 saturated heterocycles. The van der Waals surface area contributed by atoms with E-state index in [9.17, 15) is 5.11 Å². The second-order valence-corrected chi connectivity index (χ2v) is 5.72. The third-order valence-corrected chi connectivity index (χ3v) is 3.85. The molecule has 6 nitrogen and oxygen atoms in total. The maximum absolute atomic E-state index is 9.26. The summed E-state index contributed by atoms with van der Waals surface area (Å²) < 4.78 is 0. The first kappa shape index (κ1) is 15.2. The van der Waals surface area contributed by atoms with Crippen molar-refractivity contribution in [2.24, 2.45) is 10.8 Å². The molecule has 8 heteroatoms. The molecular weight excluding hydrogens is 306 g/mol. The molecule has 0 amide bonds. The second kappa shape index (κ2) is 6.51. The van der Waals surface area contributed by atoms with E-state index in [-0.39, 0.29) is 10.9 Å². The number of phenols is 1. The Hall–Kier alpha value is -2.19. The molecule has 2 aromatic rings. The number of nitrogens with two attached hydrogens (primary N) is 1. The van der Waals surface area contributed by atoms with Crippen molar-refractivity contribution in [3.8, 4) is 5.75 Å². The maximum atomic E-state index is 9.26. The number of anilines is 2. The summed E-state index contributed by atoms with van der Waals surface area (Å²) in [5, 5.41) is 17.4. The lowest BCUT2D eigenvalue weighted by Gasteiger charge is -2.01. The van der Waals surface area contributed by atoms with Gasteiger partial charge in [-0.25, -0.2) is 4.98 Å². The van der Waals surface area contributed by atoms with E-state index in [1.807, 2.05) is 13.8 Å². The molecule has 5 N–H and O–H groups in total. The lowest BCUT2D eigenvalue weighted by atomic mass is 10.3. The van der Waals surface area contributed by atoms with Crippen molar-refractivity contribution >= 4 is 45.2 Å². The number of nitrogens with zero attached hydrogens (tertiary/aromatic N) is 2. The molecule has 0 spiro atoms. The molecule has 0 aliphatic heterocycles. The Morgan fingerprint density at radius 3 is 2.67 bits per heavy atom. The largest absolute Gasteiger partial charge is 0.508 e. The SMILES string of the molecule is C/C(=N/NC(N)=S)c1sc(Nc2ccc(O)cc2)nc1C. The molecule has 0 unspecified atom stereocenters. The molecule has 1 aromatic carbocycles. The molecule has 110 valence electrons. The molecular formula is C13H15N5OS2. The Balaban J connectivity index is 2.17. The first-order valence-electron chi connectivity index (χ1n) is 6.09. The summed E-state index contributed by atoms with van der Waals surface area (Å²) in [5.41, 5.74) is 10.4. The van der Waals surface area contributed by atoms with Crippen LogP contribution in [0, 0.1) is 6.92 Å². The summed E-state index contributed by atoms with van der Waals surface area (Å²) in [7, 11) is 0. The Morgan fingerprint density at radius 2 is 2.05 bits per heavy atom. The van der Waals surface area contributed by atoms with Crippen LogP contribution in [0.5, 0.6) is 5.75 Å². The van der Waals surface area contributed by atoms with E-state index < -0.39 is 0 Å². The quantitative estimate of drug-likeness (QED) is 0.299. The predicted octanol–water partition coefficient (Wildman–Crippen LogP) is 2.46. The highest BCUT2D eigenvalue weighted by molar-refractivity contribution is 7.80. The molecule has 2 rings (SSSR count). The molecule has 1 heterocycles. The summed E-state index contributed by atoms with van der Waals surface area (Å²) in [5.74, 6) is 0.225. The molecule has 21 heavy (non-hydrogen) atoms. The third-order valence-electron chi connectivity index (χ3n) is 2.58. The van der Waals surface area contributed by atoms with Gasteiger partial charge in [0.1, 0.15) is 5.75 Å². The van der Waals surface area contributed by atoms with Gasteiger partial charge in [-0.3, -0.25) is 5.43 Å². The van der Waals surface area contributed by atoms with Crippen LogP contribution < -0.4 is 16.5 Å². The standard InChI is InChI=1S/C13H15N5OS2/c1-7-11(8(2)17-18-12(14)20)21-13(15-7)16-9-3-5-10(19)6-4-9/h3-6,19H,1-2H3,(H,15,16)(H3,14,18,20)/b17-8-. The summed E-state index contributed by atoms with van der Waals surface area (Å²) in [6.45, 7) is 3.77. The van der Waals surface area contributed by atoms with Crippen LogP contribution in [0.15, 0.2) is 29.4 Å². The van der Waals surface area contributed by atoms with Crippen LogP contribution in [0.2, 0.25) is 0 Å². The van der Waals surface area contributed by atoms with E-state index in [4.69, 9.17) is 18.0 Å². The van der Waals surface area contributed by atoms with Crippen molar-refractivity contribution in [2.45, 2.75) is 13.8 Å². The fourth-order valence-corrected chi connectivity index (χ4v) is 2.62. The zero-order valence-corrected chi connectivity index (χ0v) is 13.2. The summed E-state index contributed by atoms with van der Waals surface area (Å²) in [6.07, 6.45) is 0. The highest BCUT2D eigenvalue weighted by Gasteiger charge is 2.10. The van der Waals surface area contributed by atoms with Crippen LogP contribution in [0.25, 0.3) is 0 Å². The van der Waals surface area contributed by atoms with Crippen molar-refractivity contribution in [2.75, 3.05) is 5.32 Å². The number of phenolic OH excluding ortho intramolecular Hbond substituents is 1. The minimum Gasteiger partial charge on any atom is -0.508 e. The Kier molecular flexibility index (Phi) is 4.71. The number of benzene rings is 1. The Labute approximate surface area is 131 Å². The molecule has 1 aromatic heterocycles. The molecule has 0 aliphatic carbocycles. The van der Waals surface area contributed by atoms with E-state index in [2.05, 4.69) is 20.8 Å². The summed E-state index contributed by atoms with van der Waals surface area (Å²) >= 11 is 6.19. The minimum atomic E-state index is 0.124.